The van der Waals surface area contributed by atoms with E-state index in [9.17, 15) is 9.90 Å². The Morgan fingerprint density at radius 1 is 1.12 bits per heavy atom. The first-order valence-electron chi connectivity index (χ1n) is 8.31. The number of para-hydroxylation sites is 1. The molecule has 0 saturated carbocycles. The van der Waals surface area contributed by atoms with E-state index in [0.29, 0.717) is 5.75 Å². The number of nitrogens with one attached hydrogen (secondary N) is 1. The number of rotatable bonds is 6. The van der Waals surface area contributed by atoms with Crippen LogP contribution in [0.15, 0.2) is 66.6 Å². The predicted octanol–water partition coefficient (Wildman–Crippen LogP) is 2.74. The molecule has 0 bridgehead atoms. The monoisotopic (exact) mass is 354 g/mol. The van der Waals surface area contributed by atoms with Gasteiger partial charge in [0.2, 0.25) is 0 Å². The van der Waals surface area contributed by atoms with Gasteiger partial charge in [0.25, 0.3) is 5.91 Å². The Bertz CT molecular complexity index is 791. The highest BCUT2D eigenvalue weighted by Crippen LogP contribution is 2.29. The topological polar surface area (TPSA) is 71.0 Å². The maximum atomic E-state index is 12.7. The number of aliphatic hydroxyl groups excluding tert-OH is 1. The van der Waals surface area contributed by atoms with Gasteiger partial charge < -0.3 is 24.8 Å². The van der Waals surface area contributed by atoms with E-state index in [1.54, 1.807) is 19.1 Å². The summed E-state index contributed by atoms with van der Waals surface area (Å²) in [5.41, 5.74) is 1.77. The quantitative estimate of drug-likeness (QED) is 0.835. The summed E-state index contributed by atoms with van der Waals surface area (Å²) >= 11 is 0. The molecule has 2 aromatic rings. The van der Waals surface area contributed by atoms with Crippen molar-refractivity contribution in [2.45, 2.75) is 18.8 Å². The van der Waals surface area contributed by atoms with Gasteiger partial charge in [0, 0.05) is 18.9 Å². The molecule has 0 fully saturated rings. The van der Waals surface area contributed by atoms with Crippen LogP contribution in [0.4, 0.5) is 0 Å². The Labute approximate surface area is 152 Å². The standard InChI is InChI=1S/C20H22N2O4/c1-25-17-11-7-6-10-15(17)13-22-19(21-12-16(23)20(22)24)18(26-2)14-8-4-3-5-9-14/h3-12,18-19,21,23H,13H2,1-2H3. The highest BCUT2D eigenvalue weighted by molar-refractivity contribution is 5.92. The molecule has 0 aromatic heterocycles. The van der Waals surface area contributed by atoms with Gasteiger partial charge in [-0.15, -0.1) is 0 Å². The lowest BCUT2D eigenvalue weighted by Crippen LogP contribution is -2.54. The van der Waals surface area contributed by atoms with E-state index >= 15 is 0 Å². The summed E-state index contributed by atoms with van der Waals surface area (Å²) in [6.07, 6.45) is 0.440. The van der Waals surface area contributed by atoms with Gasteiger partial charge in [-0.3, -0.25) is 4.79 Å². The van der Waals surface area contributed by atoms with E-state index in [1.807, 2.05) is 54.6 Å². The van der Waals surface area contributed by atoms with Crippen LogP contribution in [-0.2, 0) is 16.1 Å². The molecule has 6 nitrogen and oxygen atoms in total. The molecule has 6 heteroatoms. The first-order valence-corrected chi connectivity index (χ1v) is 8.31. The number of ether oxygens (including phenoxy) is 2. The lowest BCUT2D eigenvalue weighted by Gasteiger charge is -2.39. The van der Waals surface area contributed by atoms with Crippen molar-refractivity contribution in [3.8, 4) is 5.75 Å². The second-order valence-electron chi connectivity index (χ2n) is 5.95. The fourth-order valence-electron chi connectivity index (χ4n) is 3.12. The van der Waals surface area contributed by atoms with Gasteiger partial charge in [-0.2, -0.15) is 0 Å². The van der Waals surface area contributed by atoms with Gasteiger partial charge in [0.1, 0.15) is 18.0 Å². The van der Waals surface area contributed by atoms with E-state index in [1.165, 1.54) is 6.20 Å². The van der Waals surface area contributed by atoms with Gasteiger partial charge in [-0.1, -0.05) is 48.5 Å². The van der Waals surface area contributed by atoms with Crippen LogP contribution in [0.2, 0.25) is 0 Å². The highest BCUT2D eigenvalue weighted by atomic mass is 16.5. The first-order chi connectivity index (χ1) is 12.7. The first kappa shape index (κ1) is 17.8. The van der Waals surface area contributed by atoms with Crippen LogP contribution < -0.4 is 10.1 Å². The Morgan fingerprint density at radius 2 is 1.81 bits per heavy atom. The van der Waals surface area contributed by atoms with Crippen molar-refractivity contribution in [2.75, 3.05) is 14.2 Å². The molecule has 0 aliphatic carbocycles. The molecular formula is C20H22N2O4. The number of nitrogens with zero attached hydrogens (tertiary/aromatic N) is 1. The minimum atomic E-state index is -0.476. The zero-order valence-corrected chi connectivity index (χ0v) is 14.8. The molecular weight excluding hydrogens is 332 g/mol. The third-order valence-electron chi connectivity index (χ3n) is 4.41. The summed E-state index contributed by atoms with van der Waals surface area (Å²) in [4.78, 5) is 14.2. The normalized spacial score (nSPS) is 18.1. The molecule has 2 unspecified atom stereocenters. The number of aliphatic hydroxyl groups is 1. The van der Waals surface area contributed by atoms with E-state index in [4.69, 9.17) is 9.47 Å². The fourth-order valence-corrected chi connectivity index (χ4v) is 3.12. The Morgan fingerprint density at radius 3 is 2.50 bits per heavy atom. The summed E-state index contributed by atoms with van der Waals surface area (Å²) < 4.78 is 11.1. The van der Waals surface area contributed by atoms with Crippen LogP contribution in [0, 0.1) is 0 Å². The zero-order chi connectivity index (χ0) is 18.5. The smallest absolute Gasteiger partial charge is 0.292 e. The summed E-state index contributed by atoms with van der Waals surface area (Å²) in [6.45, 7) is 0.269. The molecule has 1 heterocycles. The van der Waals surface area contributed by atoms with E-state index in [-0.39, 0.29) is 12.3 Å². The molecule has 2 N–H and O–H groups in total. The Hall–Kier alpha value is -2.99. The Kier molecular flexibility index (Phi) is 5.43. The van der Waals surface area contributed by atoms with Crippen molar-refractivity contribution < 1.29 is 19.4 Å². The van der Waals surface area contributed by atoms with Crippen LogP contribution in [0.5, 0.6) is 5.75 Å². The fraction of sp³-hybridized carbons (Fsp3) is 0.250. The third-order valence-corrected chi connectivity index (χ3v) is 4.41. The SMILES string of the molecule is COc1ccccc1CN1C(=O)C(O)=CNC1C(OC)c1ccccc1. The number of carbonyl (C=O) groups is 1. The molecule has 0 spiro atoms. The summed E-state index contributed by atoms with van der Waals surface area (Å²) in [5.74, 6) is -0.113. The number of carbonyl (C=O) groups excluding carboxylic acids is 1. The molecule has 0 saturated heterocycles. The second-order valence-corrected chi connectivity index (χ2v) is 5.95. The van der Waals surface area contributed by atoms with Gasteiger partial charge in [0.15, 0.2) is 5.76 Å². The van der Waals surface area contributed by atoms with Crippen LogP contribution >= 0.6 is 0 Å². The number of amides is 1. The lowest BCUT2D eigenvalue weighted by atomic mass is 10.0. The predicted molar refractivity (Wildman–Crippen MR) is 97.4 cm³/mol. The molecule has 0 radical (unpaired) electrons. The molecule has 2 aromatic carbocycles. The summed E-state index contributed by atoms with van der Waals surface area (Å²) in [5, 5.41) is 13.0. The average Bonchev–Trinajstić information content (AvgIpc) is 2.69. The van der Waals surface area contributed by atoms with Crippen molar-refractivity contribution in [3.63, 3.8) is 0 Å². The van der Waals surface area contributed by atoms with Crippen molar-refractivity contribution in [1.82, 2.24) is 10.2 Å². The Balaban J connectivity index is 1.95. The number of hydrogen-bond donors (Lipinski definition) is 2. The summed E-state index contributed by atoms with van der Waals surface area (Å²) in [7, 11) is 3.19. The average molecular weight is 354 g/mol. The van der Waals surface area contributed by atoms with Crippen molar-refractivity contribution >= 4 is 5.91 Å². The van der Waals surface area contributed by atoms with Crippen LogP contribution in [-0.4, -0.2) is 36.3 Å². The van der Waals surface area contributed by atoms with Crippen LogP contribution in [0.1, 0.15) is 17.2 Å². The molecule has 1 aliphatic rings. The second kappa shape index (κ2) is 7.93. The molecule has 136 valence electrons. The maximum Gasteiger partial charge on any atom is 0.292 e. The lowest BCUT2D eigenvalue weighted by molar-refractivity contribution is -0.139. The van der Waals surface area contributed by atoms with E-state index < -0.39 is 18.2 Å². The largest absolute Gasteiger partial charge is 0.502 e. The maximum absolute atomic E-state index is 12.7. The highest BCUT2D eigenvalue weighted by Gasteiger charge is 2.36. The van der Waals surface area contributed by atoms with Gasteiger partial charge in [-0.05, 0) is 11.6 Å². The van der Waals surface area contributed by atoms with E-state index in [2.05, 4.69) is 5.32 Å². The van der Waals surface area contributed by atoms with Gasteiger partial charge >= 0.3 is 0 Å². The number of hydrogen-bond acceptors (Lipinski definition) is 5. The summed E-state index contributed by atoms with van der Waals surface area (Å²) in [6, 6.07) is 17.1. The zero-order valence-electron chi connectivity index (χ0n) is 14.8. The van der Waals surface area contributed by atoms with Crippen LogP contribution in [0.25, 0.3) is 0 Å². The van der Waals surface area contributed by atoms with Gasteiger partial charge in [-0.25, -0.2) is 0 Å². The molecule has 26 heavy (non-hydrogen) atoms. The van der Waals surface area contributed by atoms with Crippen LogP contribution in [0.3, 0.4) is 0 Å². The van der Waals surface area contributed by atoms with Crippen molar-refractivity contribution in [1.29, 1.82) is 0 Å². The van der Waals surface area contributed by atoms with Crippen molar-refractivity contribution in [3.05, 3.63) is 77.7 Å². The third kappa shape index (κ3) is 3.50. The number of methoxy groups -OCH3 is 2. The van der Waals surface area contributed by atoms with Crippen molar-refractivity contribution in [2.24, 2.45) is 0 Å². The van der Waals surface area contributed by atoms with Gasteiger partial charge in [0.05, 0.1) is 13.7 Å². The molecule has 1 amide bonds. The molecule has 1 aliphatic heterocycles. The van der Waals surface area contributed by atoms with E-state index in [0.717, 1.165) is 11.1 Å². The number of benzene rings is 2. The minimum absolute atomic E-state index is 0.269. The molecule has 2 atom stereocenters. The minimum Gasteiger partial charge on any atom is -0.502 e. The molecule has 3 rings (SSSR count).